The molecule has 0 bridgehead atoms. The molecule has 1 amide bonds. The van der Waals surface area contributed by atoms with Crippen LogP contribution in [0.4, 0.5) is 5.69 Å². The molecule has 0 aliphatic carbocycles. The van der Waals surface area contributed by atoms with Gasteiger partial charge in [-0.15, -0.1) is 0 Å². The Hall–Kier alpha value is -3.07. The van der Waals surface area contributed by atoms with Crippen molar-refractivity contribution in [1.29, 1.82) is 0 Å². The molecule has 0 saturated carbocycles. The minimum absolute atomic E-state index is 0.0395. The number of piperazine rings is 1. The standard InChI is InChI=1S/C23H25BrN4O4/c1-32-20-6-3-2-5-19(20)26-11-13-27(14-12-26)21(29)7-4-10-28-22(30)17-15-16(24)8-9-18(17)25-23(28)31/h2-3,5-6,8-9,15H,4,7,10-14H2,1H3,(H,25,31). The Labute approximate surface area is 193 Å². The highest BCUT2D eigenvalue weighted by Crippen LogP contribution is 2.28. The van der Waals surface area contributed by atoms with Crippen LogP contribution >= 0.6 is 15.9 Å². The molecule has 168 valence electrons. The molecule has 3 aromatic rings. The van der Waals surface area contributed by atoms with Crippen molar-refractivity contribution in [3.8, 4) is 5.75 Å². The van der Waals surface area contributed by atoms with E-state index in [1.165, 1.54) is 4.57 Å². The first-order valence-corrected chi connectivity index (χ1v) is 11.4. The molecule has 1 fully saturated rings. The topological polar surface area (TPSA) is 87.6 Å². The van der Waals surface area contributed by atoms with Gasteiger partial charge in [0.15, 0.2) is 0 Å². The molecule has 0 radical (unpaired) electrons. The second-order valence-corrected chi connectivity index (χ2v) is 8.64. The van der Waals surface area contributed by atoms with Crippen LogP contribution in [0.2, 0.25) is 0 Å². The Kier molecular flexibility index (Phi) is 6.64. The third-order valence-corrected chi connectivity index (χ3v) is 6.27. The first-order chi connectivity index (χ1) is 15.5. The third kappa shape index (κ3) is 4.57. The largest absolute Gasteiger partial charge is 0.495 e. The lowest BCUT2D eigenvalue weighted by atomic mass is 10.2. The van der Waals surface area contributed by atoms with Gasteiger partial charge in [0.05, 0.1) is 23.7 Å². The second-order valence-electron chi connectivity index (χ2n) is 7.72. The zero-order valence-electron chi connectivity index (χ0n) is 17.8. The number of aromatic amines is 1. The van der Waals surface area contributed by atoms with Crippen LogP contribution in [0.3, 0.4) is 0 Å². The Bertz CT molecular complexity index is 1240. The van der Waals surface area contributed by atoms with E-state index in [2.05, 4.69) is 25.8 Å². The minimum Gasteiger partial charge on any atom is -0.495 e. The van der Waals surface area contributed by atoms with Crippen molar-refractivity contribution in [2.24, 2.45) is 0 Å². The fourth-order valence-corrected chi connectivity index (χ4v) is 4.42. The predicted octanol–water partition coefficient (Wildman–Crippen LogP) is 2.59. The summed E-state index contributed by atoms with van der Waals surface area (Å²) in [6, 6.07) is 13.0. The van der Waals surface area contributed by atoms with Crippen molar-refractivity contribution >= 4 is 38.4 Å². The summed E-state index contributed by atoms with van der Waals surface area (Å²) >= 11 is 3.35. The maximum Gasteiger partial charge on any atom is 0.328 e. The molecule has 32 heavy (non-hydrogen) atoms. The summed E-state index contributed by atoms with van der Waals surface area (Å²) < 4.78 is 7.37. The van der Waals surface area contributed by atoms with Crippen molar-refractivity contribution in [2.45, 2.75) is 19.4 Å². The monoisotopic (exact) mass is 500 g/mol. The van der Waals surface area contributed by atoms with Crippen LogP contribution in [0.5, 0.6) is 5.75 Å². The number of para-hydroxylation sites is 2. The van der Waals surface area contributed by atoms with Gasteiger partial charge in [-0.25, -0.2) is 4.79 Å². The van der Waals surface area contributed by atoms with Gasteiger partial charge >= 0.3 is 5.69 Å². The first-order valence-electron chi connectivity index (χ1n) is 10.6. The Morgan fingerprint density at radius 2 is 1.84 bits per heavy atom. The second kappa shape index (κ2) is 9.60. The van der Waals surface area contributed by atoms with Gasteiger partial charge in [-0.2, -0.15) is 0 Å². The van der Waals surface area contributed by atoms with Gasteiger partial charge < -0.3 is 19.5 Å². The molecule has 0 spiro atoms. The van der Waals surface area contributed by atoms with Crippen molar-refractivity contribution in [1.82, 2.24) is 14.5 Å². The van der Waals surface area contributed by atoms with Crippen LogP contribution in [0, 0.1) is 0 Å². The molecule has 9 heteroatoms. The van der Waals surface area contributed by atoms with E-state index < -0.39 is 5.69 Å². The van der Waals surface area contributed by atoms with Crippen molar-refractivity contribution in [3.05, 3.63) is 67.8 Å². The fourth-order valence-electron chi connectivity index (χ4n) is 4.06. The normalized spacial score (nSPS) is 14.1. The average Bonchev–Trinajstić information content (AvgIpc) is 2.81. The van der Waals surface area contributed by atoms with Gasteiger partial charge in [0.1, 0.15) is 5.75 Å². The number of carbonyl (C=O) groups excluding carboxylic acids is 1. The quantitative estimate of drug-likeness (QED) is 0.561. The number of amides is 1. The van der Waals surface area contributed by atoms with E-state index in [0.29, 0.717) is 30.4 Å². The Balaban J connectivity index is 1.34. The molecule has 1 aliphatic heterocycles. The van der Waals surface area contributed by atoms with E-state index in [-0.39, 0.29) is 24.4 Å². The fraction of sp³-hybridized carbons (Fsp3) is 0.348. The van der Waals surface area contributed by atoms with E-state index in [0.717, 1.165) is 29.0 Å². The molecule has 1 aliphatic rings. The molecule has 0 atom stereocenters. The number of anilines is 1. The van der Waals surface area contributed by atoms with E-state index >= 15 is 0 Å². The number of nitrogens with zero attached hydrogens (tertiary/aromatic N) is 3. The zero-order valence-corrected chi connectivity index (χ0v) is 19.4. The van der Waals surface area contributed by atoms with Gasteiger partial charge in [0.2, 0.25) is 5.91 Å². The lowest BCUT2D eigenvalue weighted by molar-refractivity contribution is -0.131. The van der Waals surface area contributed by atoms with Crippen LogP contribution in [-0.4, -0.2) is 53.6 Å². The average molecular weight is 501 g/mol. The van der Waals surface area contributed by atoms with Crippen LogP contribution in [-0.2, 0) is 11.3 Å². The SMILES string of the molecule is COc1ccccc1N1CCN(C(=O)CCCn2c(=O)[nH]c3ccc(Br)cc3c2=O)CC1. The number of benzene rings is 2. The number of ether oxygens (including phenoxy) is 1. The first kappa shape index (κ1) is 22.1. The summed E-state index contributed by atoms with van der Waals surface area (Å²) in [5.74, 6) is 0.864. The summed E-state index contributed by atoms with van der Waals surface area (Å²) in [5, 5.41) is 0.442. The van der Waals surface area contributed by atoms with E-state index in [1.807, 2.05) is 29.2 Å². The molecular weight excluding hydrogens is 476 g/mol. The van der Waals surface area contributed by atoms with Gasteiger partial charge in [0, 0.05) is 43.6 Å². The highest BCUT2D eigenvalue weighted by molar-refractivity contribution is 9.10. The Morgan fingerprint density at radius 3 is 2.59 bits per heavy atom. The zero-order chi connectivity index (χ0) is 22.7. The number of aromatic nitrogens is 2. The number of rotatable bonds is 6. The van der Waals surface area contributed by atoms with E-state index in [9.17, 15) is 14.4 Å². The summed E-state index contributed by atoms with van der Waals surface area (Å²) in [7, 11) is 1.66. The molecule has 0 unspecified atom stereocenters. The molecule has 1 N–H and O–H groups in total. The van der Waals surface area contributed by atoms with Gasteiger partial charge in [-0.3, -0.25) is 14.2 Å². The summed E-state index contributed by atoms with van der Waals surface area (Å²) in [6.45, 7) is 2.90. The maximum atomic E-state index is 12.7. The lowest BCUT2D eigenvalue weighted by Gasteiger charge is -2.36. The lowest BCUT2D eigenvalue weighted by Crippen LogP contribution is -2.49. The van der Waals surface area contributed by atoms with E-state index in [4.69, 9.17) is 4.74 Å². The number of hydrogen-bond donors (Lipinski definition) is 1. The van der Waals surface area contributed by atoms with E-state index in [1.54, 1.807) is 25.3 Å². The Morgan fingerprint density at radius 1 is 1.09 bits per heavy atom. The van der Waals surface area contributed by atoms with Gasteiger partial charge in [-0.05, 0) is 36.8 Å². The van der Waals surface area contributed by atoms with Crippen molar-refractivity contribution in [2.75, 3.05) is 38.2 Å². The predicted molar refractivity (Wildman–Crippen MR) is 128 cm³/mol. The van der Waals surface area contributed by atoms with Gasteiger partial charge in [0.25, 0.3) is 5.56 Å². The third-order valence-electron chi connectivity index (χ3n) is 5.77. The maximum absolute atomic E-state index is 12.7. The smallest absolute Gasteiger partial charge is 0.328 e. The molecule has 1 aromatic heterocycles. The summed E-state index contributed by atoms with van der Waals surface area (Å²) in [4.78, 5) is 44.5. The van der Waals surface area contributed by atoms with Crippen molar-refractivity contribution < 1.29 is 9.53 Å². The molecule has 1 saturated heterocycles. The molecule has 2 aromatic carbocycles. The highest BCUT2D eigenvalue weighted by Gasteiger charge is 2.22. The number of hydrogen-bond acceptors (Lipinski definition) is 5. The number of nitrogens with one attached hydrogen (secondary N) is 1. The number of carbonyl (C=O) groups is 1. The minimum atomic E-state index is -0.456. The molecule has 8 nitrogen and oxygen atoms in total. The number of H-pyrrole nitrogens is 1. The molecule has 2 heterocycles. The van der Waals surface area contributed by atoms with Crippen LogP contribution < -0.4 is 20.9 Å². The van der Waals surface area contributed by atoms with Gasteiger partial charge in [-0.1, -0.05) is 28.1 Å². The van der Waals surface area contributed by atoms with Crippen LogP contribution in [0.1, 0.15) is 12.8 Å². The summed E-state index contributed by atoms with van der Waals surface area (Å²) in [5.41, 5.74) is 0.734. The number of fused-ring (bicyclic) bond motifs is 1. The molecular formula is C23H25BrN4O4. The highest BCUT2D eigenvalue weighted by atomic mass is 79.9. The van der Waals surface area contributed by atoms with Crippen LogP contribution in [0.15, 0.2) is 56.5 Å². The number of halogens is 1. The van der Waals surface area contributed by atoms with Crippen molar-refractivity contribution in [3.63, 3.8) is 0 Å². The number of methoxy groups -OCH3 is 1. The molecule has 4 rings (SSSR count). The van der Waals surface area contributed by atoms with Crippen LogP contribution in [0.25, 0.3) is 10.9 Å². The summed E-state index contributed by atoms with van der Waals surface area (Å²) in [6.07, 6.45) is 0.713.